The van der Waals surface area contributed by atoms with E-state index in [0.29, 0.717) is 23.6 Å². The number of benzene rings is 3. The van der Waals surface area contributed by atoms with Crippen LogP contribution in [0.5, 0.6) is 5.75 Å². The van der Waals surface area contributed by atoms with Crippen molar-refractivity contribution in [3.63, 3.8) is 0 Å². The molecule has 0 radical (unpaired) electrons. The summed E-state index contributed by atoms with van der Waals surface area (Å²) in [4.78, 5) is 30.3. The molecule has 7 nitrogen and oxygen atoms in total. The number of halogens is 1. The Bertz CT molecular complexity index is 1490. The average Bonchev–Trinajstić information content (AvgIpc) is 3.51. The molecule has 8 heteroatoms. The number of phenols is 1. The van der Waals surface area contributed by atoms with Gasteiger partial charge in [-0.25, -0.2) is 5.48 Å². The fraction of sp³-hybridized carbons (Fsp3) is 0.172. The highest BCUT2D eigenvalue weighted by atomic mass is 35.5. The van der Waals surface area contributed by atoms with Crippen LogP contribution in [0, 0.1) is 0 Å². The maximum absolute atomic E-state index is 13.7. The number of rotatable bonds is 7. The number of hydrogen-bond donors (Lipinski definition) is 4. The zero-order valence-electron chi connectivity index (χ0n) is 19.9. The predicted octanol–water partition coefficient (Wildman–Crippen LogP) is 5.42. The molecule has 0 aliphatic heterocycles. The second-order valence-electron chi connectivity index (χ2n) is 9.12. The van der Waals surface area contributed by atoms with Gasteiger partial charge in [-0.1, -0.05) is 35.9 Å². The van der Waals surface area contributed by atoms with Gasteiger partial charge in [0, 0.05) is 40.3 Å². The van der Waals surface area contributed by atoms with Crippen LogP contribution in [0.2, 0.25) is 5.02 Å². The van der Waals surface area contributed by atoms with Gasteiger partial charge in [0.2, 0.25) is 0 Å². The largest absolute Gasteiger partial charge is 0.508 e. The molecule has 0 fully saturated rings. The van der Waals surface area contributed by atoms with Crippen molar-refractivity contribution >= 4 is 40.4 Å². The van der Waals surface area contributed by atoms with Gasteiger partial charge in [0.05, 0.1) is 6.04 Å². The summed E-state index contributed by atoms with van der Waals surface area (Å²) in [5, 5.41) is 20.2. The Morgan fingerprint density at radius 3 is 2.70 bits per heavy atom. The maximum Gasteiger partial charge on any atom is 0.267 e. The van der Waals surface area contributed by atoms with E-state index in [1.54, 1.807) is 23.7 Å². The molecular weight excluding hydrogens is 490 g/mol. The van der Waals surface area contributed by atoms with E-state index in [9.17, 15) is 14.7 Å². The summed E-state index contributed by atoms with van der Waals surface area (Å²) in [5.41, 5.74) is 7.23. The Kier molecular flexibility index (Phi) is 6.99. The van der Waals surface area contributed by atoms with Crippen molar-refractivity contribution in [1.82, 2.24) is 15.4 Å². The number of aromatic amines is 1. The monoisotopic (exact) mass is 515 g/mol. The van der Waals surface area contributed by atoms with Crippen LogP contribution in [0.15, 0.2) is 72.9 Å². The second-order valence-corrected chi connectivity index (χ2v) is 9.56. The summed E-state index contributed by atoms with van der Waals surface area (Å²) in [5.74, 6) is -0.574. The first-order valence-corrected chi connectivity index (χ1v) is 12.4. The summed E-state index contributed by atoms with van der Waals surface area (Å²) in [6.45, 7) is 0.512. The van der Waals surface area contributed by atoms with E-state index >= 15 is 0 Å². The first-order valence-electron chi connectivity index (χ1n) is 12.0. The fourth-order valence-electron chi connectivity index (χ4n) is 5.03. The van der Waals surface area contributed by atoms with E-state index in [2.05, 4.69) is 4.98 Å². The van der Waals surface area contributed by atoms with E-state index < -0.39 is 5.91 Å². The van der Waals surface area contributed by atoms with Gasteiger partial charge < -0.3 is 15.0 Å². The molecule has 2 amide bonds. The number of H-pyrrole nitrogens is 1. The highest BCUT2D eigenvalue weighted by molar-refractivity contribution is 6.31. The van der Waals surface area contributed by atoms with Gasteiger partial charge in [0.1, 0.15) is 5.75 Å². The Hall–Kier alpha value is -4.07. The van der Waals surface area contributed by atoms with Gasteiger partial charge in [0.15, 0.2) is 0 Å². The fourth-order valence-corrected chi connectivity index (χ4v) is 5.20. The Labute approximate surface area is 219 Å². The number of aromatic hydroxyl groups is 1. The standard InChI is InChI=1S/C29H26ClN3O4/c30-22-6-10-24-21(17-31-26(24)16-22)13-14-33(29(36)19-3-7-23(34)8-4-19)27-11-5-20-15-18(1-9-25(20)27)2-12-28(35)32-37/h1-4,6-10,12,15-17,27,31,34,37H,5,11,13-14H2,(H,32,35). The Morgan fingerprint density at radius 1 is 1.11 bits per heavy atom. The van der Waals surface area contributed by atoms with Crippen molar-refractivity contribution in [2.24, 2.45) is 0 Å². The Morgan fingerprint density at radius 2 is 1.92 bits per heavy atom. The zero-order chi connectivity index (χ0) is 25.9. The summed E-state index contributed by atoms with van der Waals surface area (Å²) >= 11 is 6.14. The van der Waals surface area contributed by atoms with E-state index in [1.807, 2.05) is 47.5 Å². The highest BCUT2D eigenvalue weighted by Crippen LogP contribution is 2.38. The molecule has 4 N–H and O–H groups in total. The number of aryl methyl sites for hydroxylation is 1. The number of carbonyl (C=O) groups is 2. The minimum Gasteiger partial charge on any atom is -0.508 e. The highest BCUT2D eigenvalue weighted by Gasteiger charge is 2.31. The third-order valence-corrected chi connectivity index (χ3v) is 7.09. The molecule has 0 spiro atoms. The molecule has 1 heterocycles. The molecule has 1 aromatic heterocycles. The quantitative estimate of drug-likeness (QED) is 0.150. The average molecular weight is 516 g/mol. The minimum atomic E-state index is -0.594. The molecular formula is C29H26ClN3O4. The topological polar surface area (TPSA) is 106 Å². The third kappa shape index (κ3) is 5.23. The van der Waals surface area contributed by atoms with Gasteiger partial charge in [-0.05, 0) is 84.0 Å². The van der Waals surface area contributed by atoms with Gasteiger partial charge in [0.25, 0.3) is 11.8 Å². The van der Waals surface area contributed by atoms with Crippen LogP contribution in [-0.4, -0.2) is 38.6 Å². The molecule has 188 valence electrons. The first kappa shape index (κ1) is 24.6. The van der Waals surface area contributed by atoms with Crippen LogP contribution in [0.4, 0.5) is 0 Å². The molecule has 5 rings (SSSR count). The van der Waals surface area contributed by atoms with Crippen LogP contribution in [-0.2, 0) is 17.6 Å². The summed E-state index contributed by atoms with van der Waals surface area (Å²) < 4.78 is 0. The molecule has 1 aliphatic carbocycles. The van der Waals surface area contributed by atoms with Crippen LogP contribution < -0.4 is 5.48 Å². The van der Waals surface area contributed by atoms with Gasteiger partial charge >= 0.3 is 0 Å². The van der Waals surface area contributed by atoms with Crippen LogP contribution in [0.25, 0.3) is 17.0 Å². The summed E-state index contributed by atoms with van der Waals surface area (Å²) in [6, 6.07) is 17.9. The van der Waals surface area contributed by atoms with E-state index in [4.69, 9.17) is 16.8 Å². The number of hydroxylamine groups is 1. The number of hydrogen-bond acceptors (Lipinski definition) is 4. The normalized spacial score (nSPS) is 14.7. The van der Waals surface area contributed by atoms with Crippen LogP contribution >= 0.6 is 11.6 Å². The molecule has 1 aliphatic rings. The van der Waals surface area contributed by atoms with Crippen molar-refractivity contribution in [1.29, 1.82) is 0 Å². The van der Waals surface area contributed by atoms with Gasteiger partial charge in [-0.2, -0.15) is 0 Å². The Balaban J connectivity index is 1.44. The molecule has 0 saturated heterocycles. The lowest BCUT2D eigenvalue weighted by Crippen LogP contribution is -2.35. The second kappa shape index (κ2) is 10.5. The summed E-state index contributed by atoms with van der Waals surface area (Å²) in [7, 11) is 0. The van der Waals surface area contributed by atoms with Crippen molar-refractivity contribution < 1.29 is 19.9 Å². The molecule has 37 heavy (non-hydrogen) atoms. The smallest absolute Gasteiger partial charge is 0.267 e. The van der Waals surface area contributed by atoms with Crippen LogP contribution in [0.1, 0.15) is 45.1 Å². The van der Waals surface area contributed by atoms with Crippen molar-refractivity contribution in [2.75, 3.05) is 6.54 Å². The molecule has 3 aromatic carbocycles. The SMILES string of the molecule is O=C(C=Cc1ccc2c(c1)CCC2N(CCc1c[nH]c2cc(Cl)ccc12)C(=O)c1ccc(O)cc1)NO. The van der Waals surface area contributed by atoms with Crippen molar-refractivity contribution in [2.45, 2.75) is 25.3 Å². The first-order chi connectivity index (χ1) is 17.9. The zero-order valence-corrected chi connectivity index (χ0v) is 20.7. The number of amides is 2. The number of phenolic OH excluding ortho intramolecular Hbond substituents is 1. The predicted molar refractivity (Wildman–Crippen MR) is 143 cm³/mol. The number of nitrogens with zero attached hydrogens (tertiary/aromatic N) is 1. The van der Waals surface area contributed by atoms with Gasteiger partial charge in [-0.3, -0.25) is 14.8 Å². The summed E-state index contributed by atoms with van der Waals surface area (Å²) in [6.07, 6.45) is 7.12. The van der Waals surface area contributed by atoms with E-state index in [-0.39, 0.29) is 17.7 Å². The van der Waals surface area contributed by atoms with Crippen molar-refractivity contribution in [3.8, 4) is 5.75 Å². The molecule has 1 unspecified atom stereocenters. The number of fused-ring (bicyclic) bond motifs is 2. The molecule has 0 saturated carbocycles. The van der Waals surface area contributed by atoms with E-state index in [1.165, 1.54) is 18.2 Å². The minimum absolute atomic E-state index is 0.0932. The number of carbonyl (C=O) groups excluding carboxylic acids is 2. The lowest BCUT2D eigenvalue weighted by molar-refractivity contribution is -0.124. The molecule has 1 atom stereocenters. The third-order valence-electron chi connectivity index (χ3n) is 6.85. The molecule has 4 aromatic rings. The maximum atomic E-state index is 13.7. The van der Waals surface area contributed by atoms with Gasteiger partial charge in [-0.15, -0.1) is 0 Å². The molecule has 0 bridgehead atoms. The van der Waals surface area contributed by atoms with Crippen molar-refractivity contribution in [3.05, 3.63) is 106 Å². The van der Waals surface area contributed by atoms with Crippen LogP contribution in [0.3, 0.4) is 0 Å². The number of nitrogens with one attached hydrogen (secondary N) is 2. The lowest BCUT2D eigenvalue weighted by atomic mass is 10.0. The lowest BCUT2D eigenvalue weighted by Gasteiger charge is -2.30. The number of aromatic nitrogens is 1. The van der Waals surface area contributed by atoms with E-state index in [0.717, 1.165) is 46.0 Å².